The van der Waals surface area contributed by atoms with E-state index < -0.39 is 5.97 Å². The highest BCUT2D eigenvalue weighted by Crippen LogP contribution is 2.22. The predicted molar refractivity (Wildman–Crippen MR) is 83.6 cm³/mol. The molecule has 0 aliphatic carbocycles. The second-order valence-corrected chi connectivity index (χ2v) is 5.30. The summed E-state index contributed by atoms with van der Waals surface area (Å²) in [6.45, 7) is 2.05. The van der Waals surface area contributed by atoms with Crippen molar-refractivity contribution in [3.63, 3.8) is 0 Å². The molecule has 7 heteroatoms. The Bertz CT molecular complexity index is 654. The third kappa shape index (κ3) is 5.21. The Morgan fingerprint density at radius 3 is 2.70 bits per heavy atom. The largest absolute Gasteiger partial charge is 0.480 e. The molecule has 1 unspecified atom stereocenters. The molecule has 2 N–H and O–H groups in total. The number of carbonyl (C=O) groups excluding carboxylic acids is 1. The van der Waals surface area contributed by atoms with Crippen LogP contribution in [-0.2, 0) is 22.7 Å². The SMILES string of the molecule is CCC(CC(=O)NCc1cn(CC(=O)O)nn1)c1ccccc1. The number of aromatic nitrogens is 3. The maximum atomic E-state index is 12.1. The summed E-state index contributed by atoms with van der Waals surface area (Å²) in [4.78, 5) is 22.7. The van der Waals surface area contributed by atoms with Gasteiger partial charge in [-0.3, -0.25) is 9.59 Å². The minimum Gasteiger partial charge on any atom is -0.480 e. The van der Waals surface area contributed by atoms with E-state index in [1.54, 1.807) is 0 Å². The highest BCUT2D eigenvalue weighted by Gasteiger charge is 2.14. The number of carboxylic acids is 1. The van der Waals surface area contributed by atoms with Gasteiger partial charge in [-0.1, -0.05) is 42.5 Å². The van der Waals surface area contributed by atoms with Crippen molar-refractivity contribution in [2.45, 2.75) is 38.8 Å². The van der Waals surface area contributed by atoms with Crippen molar-refractivity contribution in [2.75, 3.05) is 0 Å². The maximum Gasteiger partial charge on any atom is 0.325 e. The second kappa shape index (κ2) is 8.07. The van der Waals surface area contributed by atoms with Gasteiger partial charge >= 0.3 is 5.97 Å². The summed E-state index contributed by atoms with van der Waals surface area (Å²) in [6.07, 6.45) is 2.80. The fourth-order valence-electron chi connectivity index (χ4n) is 2.34. The van der Waals surface area contributed by atoms with Crippen LogP contribution in [-0.4, -0.2) is 32.0 Å². The van der Waals surface area contributed by atoms with E-state index in [1.165, 1.54) is 10.9 Å². The molecule has 0 saturated carbocycles. The van der Waals surface area contributed by atoms with Crippen LogP contribution in [0.25, 0.3) is 0 Å². The summed E-state index contributed by atoms with van der Waals surface area (Å²) in [5, 5.41) is 19.0. The topological polar surface area (TPSA) is 97.1 Å². The van der Waals surface area contributed by atoms with Crippen LogP contribution >= 0.6 is 0 Å². The monoisotopic (exact) mass is 316 g/mol. The summed E-state index contributed by atoms with van der Waals surface area (Å²) in [7, 11) is 0. The predicted octanol–water partition coefficient (Wildman–Crippen LogP) is 1.56. The molecule has 0 bridgehead atoms. The number of carbonyl (C=O) groups is 2. The number of hydrogen-bond donors (Lipinski definition) is 2. The summed E-state index contributed by atoms with van der Waals surface area (Å²) in [6, 6.07) is 9.95. The molecule has 2 aromatic rings. The van der Waals surface area contributed by atoms with E-state index in [1.807, 2.05) is 30.3 Å². The van der Waals surface area contributed by atoms with Gasteiger partial charge < -0.3 is 10.4 Å². The number of carboxylic acid groups (broad SMARTS) is 1. The molecule has 1 heterocycles. The molecule has 7 nitrogen and oxygen atoms in total. The maximum absolute atomic E-state index is 12.1. The van der Waals surface area contributed by atoms with E-state index >= 15 is 0 Å². The molecule has 0 fully saturated rings. The minimum absolute atomic E-state index is 0.0616. The van der Waals surface area contributed by atoms with Gasteiger partial charge in [0.15, 0.2) is 0 Å². The Morgan fingerprint density at radius 1 is 1.30 bits per heavy atom. The first-order valence-electron chi connectivity index (χ1n) is 7.51. The van der Waals surface area contributed by atoms with Crippen LogP contribution in [0.4, 0.5) is 0 Å². The van der Waals surface area contributed by atoms with Crippen molar-refractivity contribution >= 4 is 11.9 Å². The molecular weight excluding hydrogens is 296 g/mol. The molecule has 23 heavy (non-hydrogen) atoms. The fourth-order valence-corrected chi connectivity index (χ4v) is 2.34. The van der Waals surface area contributed by atoms with Crippen molar-refractivity contribution in [3.05, 3.63) is 47.8 Å². The fraction of sp³-hybridized carbons (Fsp3) is 0.375. The van der Waals surface area contributed by atoms with E-state index in [2.05, 4.69) is 22.6 Å². The smallest absolute Gasteiger partial charge is 0.325 e. The van der Waals surface area contributed by atoms with Gasteiger partial charge in [-0.25, -0.2) is 4.68 Å². The van der Waals surface area contributed by atoms with Crippen LogP contribution < -0.4 is 5.32 Å². The zero-order chi connectivity index (χ0) is 16.7. The molecule has 0 saturated heterocycles. The summed E-state index contributed by atoms with van der Waals surface area (Å²) in [5.41, 5.74) is 1.69. The number of amides is 1. The second-order valence-electron chi connectivity index (χ2n) is 5.30. The van der Waals surface area contributed by atoms with Gasteiger partial charge in [0.2, 0.25) is 5.91 Å². The highest BCUT2D eigenvalue weighted by molar-refractivity contribution is 5.76. The third-order valence-electron chi connectivity index (χ3n) is 3.55. The van der Waals surface area contributed by atoms with E-state index in [0.29, 0.717) is 12.1 Å². The van der Waals surface area contributed by atoms with Crippen LogP contribution in [0.3, 0.4) is 0 Å². The lowest BCUT2D eigenvalue weighted by Crippen LogP contribution is -2.24. The first-order chi connectivity index (χ1) is 11.1. The minimum atomic E-state index is -0.987. The van der Waals surface area contributed by atoms with Crippen LogP contribution in [0.1, 0.15) is 36.9 Å². The Hall–Kier alpha value is -2.70. The summed E-state index contributed by atoms with van der Waals surface area (Å²) < 4.78 is 1.22. The van der Waals surface area contributed by atoms with Crippen molar-refractivity contribution < 1.29 is 14.7 Å². The van der Waals surface area contributed by atoms with Gasteiger partial charge in [0.1, 0.15) is 12.2 Å². The molecule has 0 radical (unpaired) electrons. The molecule has 2 rings (SSSR count). The van der Waals surface area contributed by atoms with Crippen LogP contribution in [0.2, 0.25) is 0 Å². The summed E-state index contributed by atoms with van der Waals surface area (Å²) in [5.74, 6) is -0.869. The Morgan fingerprint density at radius 2 is 2.04 bits per heavy atom. The quantitative estimate of drug-likeness (QED) is 0.770. The van der Waals surface area contributed by atoms with Gasteiger partial charge in [0.05, 0.1) is 12.7 Å². The van der Waals surface area contributed by atoms with Gasteiger partial charge in [-0.2, -0.15) is 0 Å². The number of aliphatic carboxylic acids is 1. The molecule has 122 valence electrons. The number of nitrogens with one attached hydrogen (secondary N) is 1. The van der Waals surface area contributed by atoms with Crippen molar-refractivity contribution in [1.29, 1.82) is 0 Å². The number of nitrogens with zero attached hydrogens (tertiary/aromatic N) is 3. The zero-order valence-corrected chi connectivity index (χ0v) is 13.0. The van der Waals surface area contributed by atoms with E-state index in [-0.39, 0.29) is 24.9 Å². The summed E-state index contributed by atoms with van der Waals surface area (Å²) >= 11 is 0. The molecule has 0 aliphatic rings. The lowest BCUT2D eigenvalue weighted by Gasteiger charge is -2.14. The Kier molecular flexibility index (Phi) is 5.85. The van der Waals surface area contributed by atoms with Crippen LogP contribution in [0, 0.1) is 0 Å². The molecule has 0 spiro atoms. The molecule has 1 amide bonds. The van der Waals surface area contributed by atoms with E-state index in [9.17, 15) is 9.59 Å². The molecule has 1 aromatic heterocycles. The molecule has 1 aromatic carbocycles. The molecule has 1 atom stereocenters. The number of benzene rings is 1. The standard InChI is InChI=1S/C16H20N4O3/c1-2-12(13-6-4-3-5-7-13)8-15(21)17-9-14-10-20(19-18-14)11-16(22)23/h3-7,10,12H,2,8-9,11H2,1H3,(H,17,21)(H,22,23). The lowest BCUT2D eigenvalue weighted by molar-refractivity contribution is -0.138. The zero-order valence-electron chi connectivity index (χ0n) is 13.0. The van der Waals surface area contributed by atoms with Crippen molar-refractivity contribution in [1.82, 2.24) is 20.3 Å². The molecular formula is C16H20N4O3. The van der Waals surface area contributed by atoms with Crippen molar-refractivity contribution in [2.24, 2.45) is 0 Å². The molecule has 0 aliphatic heterocycles. The number of hydrogen-bond acceptors (Lipinski definition) is 4. The van der Waals surface area contributed by atoms with Gasteiger partial charge in [-0.15, -0.1) is 5.10 Å². The average molecular weight is 316 g/mol. The van der Waals surface area contributed by atoms with Crippen molar-refractivity contribution in [3.8, 4) is 0 Å². The Balaban J connectivity index is 1.84. The Labute approximate surface area is 134 Å². The van der Waals surface area contributed by atoms with Gasteiger partial charge in [-0.05, 0) is 17.9 Å². The number of rotatable bonds is 8. The van der Waals surface area contributed by atoms with E-state index in [0.717, 1.165) is 12.0 Å². The highest BCUT2D eigenvalue weighted by atomic mass is 16.4. The first kappa shape index (κ1) is 16.7. The third-order valence-corrected chi connectivity index (χ3v) is 3.55. The van der Waals surface area contributed by atoms with E-state index in [4.69, 9.17) is 5.11 Å². The normalized spacial score (nSPS) is 11.9. The van der Waals surface area contributed by atoms with Gasteiger partial charge in [0, 0.05) is 6.42 Å². The van der Waals surface area contributed by atoms with Gasteiger partial charge in [0.25, 0.3) is 0 Å². The lowest BCUT2D eigenvalue weighted by atomic mass is 9.93. The average Bonchev–Trinajstić information content (AvgIpc) is 2.98. The van der Waals surface area contributed by atoms with Crippen LogP contribution in [0.15, 0.2) is 36.5 Å². The first-order valence-corrected chi connectivity index (χ1v) is 7.51. The van der Waals surface area contributed by atoms with Crippen LogP contribution in [0.5, 0.6) is 0 Å².